The van der Waals surface area contributed by atoms with Gasteiger partial charge in [-0.25, -0.2) is 9.45 Å². The van der Waals surface area contributed by atoms with Crippen LogP contribution >= 0.6 is 0 Å². The van der Waals surface area contributed by atoms with Crippen LogP contribution in [0.1, 0.15) is 10.4 Å². The fraction of sp³-hybridized carbons (Fsp3) is 0.125. The lowest BCUT2D eigenvalue weighted by Crippen LogP contribution is -2.23. The number of amides is 1. The van der Waals surface area contributed by atoms with Crippen LogP contribution in [0.2, 0.25) is 0 Å². The fourth-order valence-corrected chi connectivity index (χ4v) is 0.809. The van der Waals surface area contributed by atoms with E-state index < -0.39 is 11.7 Å². The first-order valence-corrected chi connectivity index (χ1v) is 3.34. The van der Waals surface area contributed by atoms with Gasteiger partial charge in [0.1, 0.15) is 5.82 Å². The lowest BCUT2D eigenvalue weighted by molar-refractivity contribution is -0.0378. The Bertz CT molecular complexity index is 299. The van der Waals surface area contributed by atoms with Gasteiger partial charge in [0.25, 0.3) is 5.91 Å². The molecule has 0 fully saturated rings. The Morgan fingerprint density at radius 1 is 1.50 bits per heavy atom. The van der Waals surface area contributed by atoms with E-state index in [-0.39, 0.29) is 5.56 Å². The Balaban J connectivity index is 3.03. The summed E-state index contributed by atoms with van der Waals surface area (Å²) in [5, 5.41) is 9.06. The summed E-state index contributed by atoms with van der Waals surface area (Å²) >= 11 is 0. The van der Waals surface area contributed by atoms with Crippen molar-refractivity contribution >= 4 is 5.91 Å². The highest BCUT2D eigenvalue weighted by Crippen LogP contribution is 2.07. The molecule has 1 aromatic carbocycles. The van der Waals surface area contributed by atoms with Crippen LogP contribution in [-0.4, -0.2) is 23.2 Å². The Morgan fingerprint density at radius 3 is 2.58 bits per heavy atom. The van der Waals surface area contributed by atoms with Crippen LogP contribution in [0, 0.1) is 5.82 Å². The SMILES string of the molecule is CN(O)C(=O)c1ccccc1F. The molecule has 1 rings (SSSR count). The van der Waals surface area contributed by atoms with E-state index in [9.17, 15) is 9.18 Å². The van der Waals surface area contributed by atoms with E-state index in [0.29, 0.717) is 5.06 Å². The number of carbonyl (C=O) groups excluding carboxylic acids is 1. The lowest BCUT2D eigenvalue weighted by atomic mass is 10.2. The minimum Gasteiger partial charge on any atom is -0.286 e. The second kappa shape index (κ2) is 3.32. The molecule has 0 unspecified atom stereocenters. The van der Waals surface area contributed by atoms with Crippen molar-refractivity contribution in [2.45, 2.75) is 0 Å². The van der Waals surface area contributed by atoms with Crippen LogP contribution in [0.4, 0.5) is 4.39 Å². The molecule has 0 heterocycles. The monoisotopic (exact) mass is 169 g/mol. The number of carbonyl (C=O) groups is 1. The summed E-state index contributed by atoms with van der Waals surface area (Å²) in [6.07, 6.45) is 0. The molecule has 1 N–H and O–H groups in total. The predicted molar refractivity (Wildman–Crippen MR) is 40.3 cm³/mol. The molecule has 0 aliphatic carbocycles. The van der Waals surface area contributed by atoms with Gasteiger partial charge in [0, 0.05) is 7.05 Å². The van der Waals surface area contributed by atoms with Gasteiger partial charge in [-0.3, -0.25) is 10.0 Å². The van der Waals surface area contributed by atoms with Crippen molar-refractivity contribution in [3.8, 4) is 0 Å². The molecule has 0 spiro atoms. The molecular weight excluding hydrogens is 161 g/mol. The van der Waals surface area contributed by atoms with Crippen LogP contribution in [-0.2, 0) is 0 Å². The molecule has 0 aliphatic rings. The normalized spacial score (nSPS) is 9.58. The number of hydroxylamine groups is 2. The average Bonchev–Trinajstić information content (AvgIpc) is 2.04. The summed E-state index contributed by atoms with van der Waals surface area (Å²) in [7, 11) is 1.15. The Hall–Kier alpha value is -1.42. The molecular formula is C8H8FNO2. The summed E-state index contributed by atoms with van der Waals surface area (Å²) < 4.78 is 12.8. The molecule has 12 heavy (non-hydrogen) atoms. The minimum atomic E-state index is -0.756. The first-order chi connectivity index (χ1) is 5.63. The quantitative estimate of drug-likeness (QED) is 0.508. The largest absolute Gasteiger partial charge is 0.286 e. The van der Waals surface area contributed by atoms with Crippen LogP contribution in [0.15, 0.2) is 24.3 Å². The lowest BCUT2D eigenvalue weighted by Gasteiger charge is -2.07. The minimum absolute atomic E-state index is 0.137. The molecule has 0 saturated heterocycles. The summed E-state index contributed by atoms with van der Waals surface area (Å²) in [4.78, 5) is 11.0. The maximum Gasteiger partial charge on any atom is 0.279 e. The zero-order chi connectivity index (χ0) is 9.14. The van der Waals surface area contributed by atoms with Gasteiger partial charge in [-0.2, -0.15) is 0 Å². The van der Waals surface area contributed by atoms with E-state index in [2.05, 4.69) is 0 Å². The van der Waals surface area contributed by atoms with Gasteiger partial charge >= 0.3 is 0 Å². The number of hydrogen-bond acceptors (Lipinski definition) is 2. The summed E-state index contributed by atoms with van der Waals surface area (Å²) in [5.74, 6) is -1.39. The van der Waals surface area contributed by atoms with Gasteiger partial charge in [-0.05, 0) is 12.1 Å². The average molecular weight is 169 g/mol. The van der Waals surface area contributed by atoms with E-state index in [0.717, 1.165) is 13.1 Å². The van der Waals surface area contributed by atoms with E-state index in [4.69, 9.17) is 5.21 Å². The molecule has 1 aromatic rings. The number of halogens is 1. The number of nitrogens with zero attached hydrogens (tertiary/aromatic N) is 1. The molecule has 0 saturated carbocycles. The third-order valence-corrected chi connectivity index (χ3v) is 1.40. The molecule has 0 bridgehead atoms. The highest BCUT2D eigenvalue weighted by atomic mass is 19.1. The van der Waals surface area contributed by atoms with Crippen molar-refractivity contribution in [3.05, 3.63) is 35.6 Å². The zero-order valence-electron chi connectivity index (χ0n) is 6.49. The van der Waals surface area contributed by atoms with E-state index in [1.165, 1.54) is 18.2 Å². The Labute approximate surface area is 69.0 Å². The fourth-order valence-electron chi connectivity index (χ4n) is 0.809. The van der Waals surface area contributed by atoms with Crippen molar-refractivity contribution in [2.75, 3.05) is 7.05 Å². The highest BCUT2D eigenvalue weighted by molar-refractivity contribution is 5.93. The van der Waals surface area contributed by atoms with Crippen molar-refractivity contribution < 1.29 is 14.4 Å². The topological polar surface area (TPSA) is 40.5 Å². The smallest absolute Gasteiger partial charge is 0.279 e. The van der Waals surface area contributed by atoms with Crippen LogP contribution < -0.4 is 0 Å². The first-order valence-electron chi connectivity index (χ1n) is 3.34. The van der Waals surface area contributed by atoms with Gasteiger partial charge < -0.3 is 0 Å². The second-order valence-electron chi connectivity index (χ2n) is 2.31. The zero-order valence-corrected chi connectivity index (χ0v) is 6.49. The van der Waals surface area contributed by atoms with Gasteiger partial charge in [0.15, 0.2) is 0 Å². The maximum absolute atomic E-state index is 12.8. The van der Waals surface area contributed by atoms with E-state index in [1.807, 2.05) is 0 Å². The van der Waals surface area contributed by atoms with Gasteiger partial charge in [0.05, 0.1) is 5.56 Å². The molecule has 0 aliphatic heterocycles. The third-order valence-electron chi connectivity index (χ3n) is 1.40. The van der Waals surface area contributed by atoms with Crippen molar-refractivity contribution in [2.24, 2.45) is 0 Å². The van der Waals surface area contributed by atoms with Crippen LogP contribution in [0.25, 0.3) is 0 Å². The Morgan fingerprint density at radius 2 is 2.08 bits per heavy atom. The van der Waals surface area contributed by atoms with Gasteiger partial charge in [0.2, 0.25) is 0 Å². The second-order valence-corrected chi connectivity index (χ2v) is 2.31. The number of rotatable bonds is 1. The van der Waals surface area contributed by atoms with Crippen LogP contribution in [0.3, 0.4) is 0 Å². The third kappa shape index (κ3) is 1.60. The highest BCUT2D eigenvalue weighted by Gasteiger charge is 2.12. The maximum atomic E-state index is 12.8. The molecule has 0 aromatic heterocycles. The van der Waals surface area contributed by atoms with Gasteiger partial charge in [-0.1, -0.05) is 12.1 Å². The van der Waals surface area contributed by atoms with Crippen molar-refractivity contribution in [1.82, 2.24) is 5.06 Å². The van der Waals surface area contributed by atoms with E-state index in [1.54, 1.807) is 0 Å². The predicted octanol–water partition coefficient (Wildman–Crippen LogP) is 1.29. The molecule has 64 valence electrons. The van der Waals surface area contributed by atoms with Crippen LogP contribution in [0.5, 0.6) is 0 Å². The van der Waals surface area contributed by atoms with Gasteiger partial charge in [-0.15, -0.1) is 0 Å². The van der Waals surface area contributed by atoms with Crippen molar-refractivity contribution in [1.29, 1.82) is 0 Å². The number of hydrogen-bond donors (Lipinski definition) is 1. The van der Waals surface area contributed by atoms with E-state index >= 15 is 0 Å². The standard InChI is InChI=1S/C8H8FNO2/c1-10(12)8(11)6-4-2-3-5-7(6)9/h2-5,12H,1H3. The first kappa shape index (κ1) is 8.67. The molecule has 0 radical (unpaired) electrons. The molecule has 1 amide bonds. The molecule has 0 atom stereocenters. The molecule has 3 nitrogen and oxygen atoms in total. The molecule has 4 heteroatoms. The summed E-state index contributed by atoms with van der Waals surface area (Å²) in [5.41, 5.74) is -0.137. The Kier molecular flexibility index (Phi) is 2.40. The van der Waals surface area contributed by atoms with Crippen molar-refractivity contribution in [3.63, 3.8) is 0 Å². The summed E-state index contributed by atoms with van der Waals surface area (Å²) in [6, 6.07) is 5.48. The number of benzene rings is 1. The summed E-state index contributed by atoms with van der Waals surface area (Å²) in [6.45, 7) is 0.